The highest BCUT2D eigenvalue weighted by Gasteiger charge is 2.46. The van der Waals surface area contributed by atoms with Gasteiger partial charge in [0.2, 0.25) is 0 Å². The lowest BCUT2D eigenvalue weighted by atomic mass is 9.95. The molecule has 74 valence electrons. The zero-order chi connectivity index (χ0) is 9.31. The zero-order valence-electron chi connectivity index (χ0n) is 8.21. The molecule has 1 aliphatic carbocycles. The molecule has 13 heavy (non-hydrogen) atoms. The molecule has 0 atom stereocenters. The van der Waals surface area contributed by atoms with Gasteiger partial charge in [-0.3, -0.25) is 0 Å². The second-order valence-corrected chi connectivity index (χ2v) is 4.22. The lowest BCUT2D eigenvalue weighted by molar-refractivity contribution is 0.0844. The number of nitrogens with zero attached hydrogens (tertiary/aromatic N) is 1. The number of ether oxygens (including phenoxy) is 1. The molecule has 1 heterocycles. The van der Waals surface area contributed by atoms with Gasteiger partial charge >= 0.3 is 6.09 Å². The Kier molecular flexibility index (Phi) is 2.18. The largest absolute Gasteiger partial charge is 0.450 e. The fourth-order valence-corrected chi connectivity index (χ4v) is 2.16. The first kappa shape index (κ1) is 8.85. The van der Waals surface area contributed by atoms with Crippen LogP contribution < -0.4 is 0 Å². The molecule has 3 heteroatoms. The van der Waals surface area contributed by atoms with Crippen LogP contribution in [0.1, 0.15) is 32.6 Å². The summed E-state index contributed by atoms with van der Waals surface area (Å²) in [6, 6.07) is 0. The van der Waals surface area contributed by atoms with Crippen LogP contribution in [0.4, 0.5) is 4.79 Å². The molecule has 2 aliphatic rings. The summed E-state index contributed by atoms with van der Waals surface area (Å²) < 4.78 is 4.99. The number of hydrogen-bond acceptors (Lipinski definition) is 2. The fourth-order valence-electron chi connectivity index (χ4n) is 2.16. The van der Waals surface area contributed by atoms with Crippen molar-refractivity contribution in [3.05, 3.63) is 0 Å². The van der Waals surface area contributed by atoms with Gasteiger partial charge in [0.05, 0.1) is 6.61 Å². The maximum Gasteiger partial charge on any atom is 0.409 e. The zero-order valence-corrected chi connectivity index (χ0v) is 8.21. The van der Waals surface area contributed by atoms with Gasteiger partial charge in [-0.25, -0.2) is 4.79 Å². The Morgan fingerprint density at radius 1 is 1.46 bits per heavy atom. The Labute approximate surface area is 79.0 Å². The van der Waals surface area contributed by atoms with Crippen molar-refractivity contribution in [2.75, 3.05) is 19.7 Å². The highest BCUT2D eigenvalue weighted by Crippen LogP contribution is 2.51. The molecule has 0 aromatic rings. The third-order valence-corrected chi connectivity index (χ3v) is 3.14. The van der Waals surface area contributed by atoms with Crippen molar-refractivity contribution in [3.63, 3.8) is 0 Å². The van der Waals surface area contributed by atoms with Crippen LogP contribution in [0.2, 0.25) is 0 Å². The molecular weight excluding hydrogens is 166 g/mol. The maximum atomic E-state index is 11.4. The van der Waals surface area contributed by atoms with Gasteiger partial charge in [-0.05, 0) is 38.0 Å². The van der Waals surface area contributed by atoms with E-state index >= 15 is 0 Å². The first-order valence-corrected chi connectivity index (χ1v) is 5.17. The van der Waals surface area contributed by atoms with E-state index in [1.165, 1.54) is 19.3 Å². The number of carbonyl (C=O) groups excluding carboxylic acids is 1. The smallest absolute Gasteiger partial charge is 0.409 e. The number of amides is 1. The van der Waals surface area contributed by atoms with Gasteiger partial charge in [-0.15, -0.1) is 0 Å². The molecule has 1 saturated heterocycles. The number of carbonyl (C=O) groups is 1. The number of likely N-dealkylation sites (tertiary alicyclic amines) is 1. The summed E-state index contributed by atoms with van der Waals surface area (Å²) in [5.74, 6) is 0. The van der Waals surface area contributed by atoms with Crippen LogP contribution in [0, 0.1) is 5.41 Å². The molecule has 0 N–H and O–H groups in total. The van der Waals surface area contributed by atoms with Crippen LogP contribution in [0.3, 0.4) is 0 Å². The molecule has 1 amide bonds. The van der Waals surface area contributed by atoms with Crippen LogP contribution in [-0.2, 0) is 4.74 Å². The molecule has 0 bridgehead atoms. The van der Waals surface area contributed by atoms with Crippen molar-refractivity contribution < 1.29 is 9.53 Å². The lowest BCUT2D eigenvalue weighted by Crippen LogP contribution is -2.41. The van der Waals surface area contributed by atoms with Gasteiger partial charge in [-0.1, -0.05) is 0 Å². The molecule has 2 rings (SSSR count). The summed E-state index contributed by atoms with van der Waals surface area (Å²) in [6.07, 6.45) is 4.96. The van der Waals surface area contributed by atoms with Crippen LogP contribution in [-0.4, -0.2) is 30.7 Å². The van der Waals surface area contributed by atoms with Crippen LogP contribution in [0.15, 0.2) is 0 Å². The second kappa shape index (κ2) is 3.20. The highest BCUT2D eigenvalue weighted by molar-refractivity contribution is 5.67. The molecule has 0 aromatic carbocycles. The van der Waals surface area contributed by atoms with E-state index in [2.05, 4.69) is 0 Å². The lowest BCUT2D eigenvalue weighted by Gasteiger charge is -2.31. The van der Waals surface area contributed by atoms with E-state index in [1.54, 1.807) is 0 Å². The Morgan fingerprint density at radius 2 is 2.23 bits per heavy atom. The van der Waals surface area contributed by atoms with Gasteiger partial charge in [0.1, 0.15) is 0 Å². The van der Waals surface area contributed by atoms with E-state index in [0.29, 0.717) is 12.0 Å². The summed E-state index contributed by atoms with van der Waals surface area (Å²) in [5.41, 5.74) is 0.505. The summed E-state index contributed by atoms with van der Waals surface area (Å²) in [7, 11) is 0. The third-order valence-electron chi connectivity index (χ3n) is 3.14. The van der Waals surface area contributed by atoms with Crippen LogP contribution in [0.5, 0.6) is 0 Å². The van der Waals surface area contributed by atoms with Gasteiger partial charge in [0.15, 0.2) is 0 Å². The van der Waals surface area contributed by atoms with Crippen molar-refractivity contribution in [1.29, 1.82) is 0 Å². The van der Waals surface area contributed by atoms with E-state index in [1.807, 2.05) is 11.8 Å². The normalized spacial score (nSPS) is 24.5. The van der Waals surface area contributed by atoms with E-state index in [0.717, 1.165) is 19.5 Å². The van der Waals surface area contributed by atoms with Crippen molar-refractivity contribution in [2.24, 2.45) is 5.41 Å². The standard InChI is InChI=1S/C10H17NO2/c1-2-13-9(12)11-7-3-4-10(8-11)5-6-10/h2-8H2,1H3. The quantitative estimate of drug-likeness (QED) is 0.622. The fraction of sp³-hybridized carbons (Fsp3) is 0.900. The molecule has 0 unspecified atom stereocenters. The van der Waals surface area contributed by atoms with E-state index in [9.17, 15) is 4.79 Å². The van der Waals surface area contributed by atoms with Crippen molar-refractivity contribution in [1.82, 2.24) is 4.90 Å². The van der Waals surface area contributed by atoms with E-state index < -0.39 is 0 Å². The monoisotopic (exact) mass is 183 g/mol. The number of hydrogen-bond donors (Lipinski definition) is 0. The average molecular weight is 183 g/mol. The highest BCUT2D eigenvalue weighted by atomic mass is 16.6. The Morgan fingerprint density at radius 3 is 2.85 bits per heavy atom. The van der Waals surface area contributed by atoms with E-state index in [-0.39, 0.29) is 6.09 Å². The predicted octanol–water partition coefficient (Wildman–Crippen LogP) is 2.02. The van der Waals surface area contributed by atoms with Gasteiger partial charge < -0.3 is 9.64 Å². The first-order valence-electron chi connectivity index (χ1n) is 5.17. The molecule has 3 nitrogen and oxygen atoms in total. The Balaban J connectivity index is 1.88. The summed E-state index contributed by atoms with van der Waals surface area (Å²) in [4.78, 5) is 13.3. The van der Waals surface area contributed by atoms with Gasteiger partial charge in [0.25, 0.3) is 0 Å². The molecule has 1 spiro atoms. The Bertz CT molecular complexity index is 211. The third kappa shape index (κ3) is 1.79. The molecule has 0 aromatic heterocycles. The maximum absolute atomic E-state index is 11.4. The number of rotatable bonds is 1. The van der Waals surface area contributed by atoms with Crippen LogP contribution in [0.25, 0.3) is 0 Å². The van der Waals surface area contributed by atoms with Crippen molar-refractivity contribution in [2.45, 2.75) is 32.6 Å². The van der Waals surface area contributed by atoms with E-state index in [4.69, 9.17) is 4.74 Å². The minimum Gasteiger partial charge on any atom is -0.450 e. The molecule has 0 radical (unpaired) electrons. The molecule has 2 fully saturated rings. The average Bonchev–Trinajstić information content (AvgIpc) is 2.85. The first-order chi connectivity index (χ1) is 6.26. The second-order valence-electron chi connectivity index (χ2n) is 4.22. The minimum atomic E-state index is -0.117. The minimum absolute atomic E-state index is 0.117. The Hall–Kier alpha value is -0.730. The molecule has 1 aliphatic heterocycles. The van der Waals surface area contributed by atoms with Crippen molar-refractivity contribution in [3.8, 4) is 0 Å². The van der Waals surface area contributed by atoms with Crippen molar-refractivity contribution >= 4 is 6.09 Å². The topological polar surface area (TPSA) is 29.5 Å². The molecular formula is C10H17NO2. The summed E-state index contributed by atoms with van der Waals surface area (Å²) >= 11 is 0. The molecule has 1 saturated carbocycles. The summed E-state index contributed by atoms with van der Waals surface area (Å²) in [5, 5.41) is 0. The predicted molar refractivity (Wildman–Crippen MR) is 49.5 cm³/mol. The number of piperidine rings is 1. The van der Waals surface area contributed by atoms with Crippen LogP contribution >= 0.6 is 0 Å². The van der Waals surface area contributed by atoms with Gasteiger partial charge in [-0.2, -0.15) is 0 Å². The summed E-state index contributed by atoms with van der Waals surface area (Å²) in [6.45, 7) is 4.17. The van der Waals surface area contributed by atoms with Gasteiger partial charge in [0, 0.05) is 13.1 Å². The SMILES string of the molecule is CCOC(=O)N1CCCC2(CC2)C1.